The molecule has 0 aliphatic heterocycles. The van der Waals surface area contributed by atoms with Gasteiger partial charge >= 0.3 is 12.0 Å². The number of rotatable bonds is 5. The molecule has 6 rings (SSSR count). The van der Waals surface area contributed by atoms with Gasteiger partial charge in [0.05, 0.1) is 18.7 Å². The third-order valence-electron chi connectivity index (χ3n) is 9.08. The van der Waals surface area contributed by atoms with Crippen LogP contribution in [0.1, 0.15) is 88.4 Å². The Balaban J connectivity index is 1.17. The van der Waals surface area contributed by atoms with Gasteiger partial charge in [-0.3, -0.25) is 9.59 Å². The molecule has 0 unspecified atom stereocenters. The molecule has 5 aliphatic carbocycles. The number of amides is 3. The molecule has 5 aliphatic rings. The Labute approximate surface area is 212 Å². The van der Waals surface area contributed by atoms with E-state index in [1.54, 1.807) is 0 Å². The number of ether oxygens (including phenoxy) is 1. The first-order valence-electron chi connectivity index (χ1n) is 13.3. The molecule has 2 atom stereocenters. The Morgan fingerprint density at radius 1 is 0.972 bits per heavy atom. The fourth-order valence-corrected chi connectivity index (χ4v) is 8.65. The molecular formula is C28H38FN3O4. The van der Waals surface area contributed by atoms with Crippen LogP contribution in [0.4, 0.5) is 14.9 Å². The van der Waals surface area contributed by atoms with Crippen molar-refractivity contribution in [3.63, 3.8) is 0 Å². The lowest BCUT2D eigenvalue weighted by atomic mass is 9.43. The average molecular weight is 500 g/mol. The second-order valence-electron chi connectivity index (χ2n) is 12.7. The van der Waals surface area contributed by atoms with E-state index in [-0.39, 0.29) is 57.5 Å². The van der Waals surface area contributed by atoms with Crippen LogP contribution in [-0.4, -0.2) is 36.6 Å². The van der Waals surface area contributed by atoms with Crippen LogP contribution >= 0.6 is 0 Å². The molecule has 0 aromatic heterocycles. The van der Waals surface area contributed by atoms with E-state index in [4.69, 9.17) is 4.74 Å². The summed E-state index contributed by atoms with van der Waals surface area (Å²) in [5, 5.41) is 8.84. The van der Waals surface area contributed by atoms with Crippen molar-refractivity contribution in [2.24, 2.45) is 22.7 Å². The highest BCUT2D eigenvalue weighted by Gasteiger charge is 2.60. The number of carbonyl (C=O) groups is 3. The van der Waals surface area contributed by atoms with Gasteiger partial charge in [-0.25, -0.2) is 9.18 Å². The molecule has 1 aromatic carbocycles. The van der Waals surface area contributed by atoms with Gasteiger partial charge in [0.25, 0.3) is 5.91 Å². The summed E-state index contributed by atoms with van der Waals surface area (Å²) >= 11 is 0. The van der Waals surface area contributed by atoms with Crippen molar-refractivity contribution in [3.05, 3.63) is 29.6 Å². The first-order valence-corrected chi connectivity index (χ1v) is 13.3. The van der Waals surface area contributed by atoms with Crippen molar-refractivity contribution in [1.29, 1.82) is 0 Å². The molecule has 0 heterocycles. The number of esters is 1. The van der Waals surface area contributed by atoms with Crippen LogP contribution in [0, 0.1) is 28.5 Å². The molecule has 36 heavy (non-hydrogen) atoms. The lowest BCUT2D eigenvalue weighted by Gasteiger charge is -2.65. The third-order valence-corrected chi connectivity index (χ3v) is 9.08. The first kappa shape index (κ1) is 25.0. The Bertz CT molecular complexity index is 1050. The molecule has 8 heteroatoms. The monoisotopic (exact) mass is 499 g/mol. The number of hydrogen-bond acceptors (Lipinski definition) is 4. The molecule has 5 saturated carbocycles. The van der Waals surface area contributed by atoms with Crippen LogP contribution in [0.5, 0.6) is 0 Å². The van der Waals surface area contributed by atoms with E-state index in [0.717, 1.165) is 25.3 Å². The molecule has 0 radical (unpaired) electrons. The Morgan fingerprint density at radius 3 is 2.22 bits per heavy atom. The van der Waals surface area contributed by atoms with Gasteiger partial charge in [0.1, 0.15) is 5.82 Å². The summed E-state index contributed by atoms with van der Waals surface area (Å²) in [5.41, 5.74) is 0.566. The van der Waals surface area contributed by atoms with Crippen molar-refractivity contribution in [3.8, 4) is 0 Å². The highest BCUT2D eigenvalue weighted by molar-refractivity contribution is 5.96. The topological polar surface area (TPSA) is 96.5 Å². The molecule has 5 fully saturated rings. The summed E-state index contributed by atoms with van der Waals surface area (Å²) < 4.78 is 19.7. The molecule has 0 saturated heterocycles. The molecular weight excluding hydrogens is 461 g/mol. The van der Waals surface area contributed by atoms with E-state index in [1.165, 1.54) is 38.5 Å². The zero-order valence-electron chi connectivity index (χ0n) is 21.5. The molecule has 1 aromatic rings. The molecule has 3 amide bonds. The van der Waals surface area contributed by atoms with Crippen LogP contribution in [-0.2, 0) is 9.53 Å². The summed E-state index contributed by atoms with van der Waals surface area (Å²) in [6.45, 7) is 4.69. The molecule has 3 N–H and O–H groups in total. The second kappa shape index (κ2) is 9.03. The maximum absolute atomic E-state index is 14.9. The summed E-state index contributed by atoms with van der Waals surface area (Å²) in [5.74, 6) is -0.693. The van der Waals surface area contributed by atoms with Gasteiger partial charge in [0, 0.05) is 17.1 Å². The average Bonchev–Trinajstić information content (AvgIpc) is 2.77. The van der Waals surface area contributed by atoms with E-state index in [9.17, 15) is 18.8 Å². The van der Waals surface area contributed by atoms with E-state index in [0.29, 0.717) is 31.6 Å². The van der Waals surface area contributed by atoms with Crippen LogP contribution in [0.15, 0.2) is 18.2 Å². The normalized spacial score (nSPS) is 36.7. The quantitative estimate of drug-likeness (QED) is 0.488. The molecule has 0 spiro atoms. The van der Waals surface area contributed by atoms with Crippen LogP contribution < -0.4 is 16.0 Å². The Morgan fingerprint density at radius 2 is 1.64 bits per heavy atom. The number of urea groups is 1. The minimum absolute atomic E-state index is 0.0600. The van der Waals surface area contributed by atoms with Crippen molar-refractivity contribution in [1.82, 2.24) is 10.6 Å². The van der Waals surface area contributed by atoms with Crippen molar-refractivity contribution in [2.75, 3.05) is 12.4 Å². The van der Waals surface area contributed by atoms with Gasteiger partial charge < -0.3 is 20.7 Å². The third kappa shape index (κ3) is 4.96. The zero-order valence-corrected chi connectivity index (χ0v) is 21.5. The maximum atomic E-state index is 14.9. The standard InChI is InChI=1S/C28H38FN3O4/c1-26-11-17-12-27(2,14-26)16-28(13-17,15-26)32-25(35)31-22-9-6-19(10-21(22)29)23(33)30-20-7-4-18(5-8-20)24(34)36-3/h6,9-10,17-18,20H,4-5,7-8,11-16H2,1-3H3,(H,30,33)(H2,31,32,35)/t17?,18?,20?,26-,27-,28?/m1/s1. The van der Waals surface area contributed by atoms with Gasteiger partial charge in [0.2, 0.25) is 0 Å². The van der Waals surface area contributed by atoms with Crippen molar-refractivity contribution < 1.29 is 23.5 Å². The van der Waals surface area contributed by atoms with Crippen LogP contribution in [0.25, 0.3) is 0 Å². The number of hydrogen-bond donors (Lipinski definition) is 3. The fourth-order valence-electron chi connectivity index (χ4n) is 8.65. The number of anilines is 1. The van der Waals surface area contributed by atoms with E-state index in [2.05, 4.69) is 29.8 Å². The molecule has 7 nitrogen and oxygen atoms in total. The minimum atomic E-state index is -0.642. The zero-order chi connectivity index (χ0) is 25.7. The Hall–Kier alpha value is -2.64. The van der Waals surface area contributed by atoms with E-state index < -0.39 is 5.82 Å². The second-order valence-corrected chi connectivity index (χ2v) is 12.7. The van der Waals surface area contributed by atoms with E-state index >= 15 is 0 Å². The summed E-state index contributed by atoms with van der Waals surface area (Å²) in [6.07, 6.45) is 9.29. The lowest BCUT2D eigenvalue weighted by Crippen LogP contribution is -2.65. The van der Waals surface area contributed by atoms with Crippen molar-refractivity contribution in [2.45, 2.75) is 89.6 Å². The van der Waals surface area contributed by atoms with Crippen LogP contribution in [0.3, 0.4) is 0 Å². The van der Waals surface area contributed by atoms with Gasteiger partial charge in [-0.1, -0.05) is 13.8 Å². The highest BCUT2D eigenvalue weighted by atomic mass is 19.1. The van der Waals surface area contributed by atoms with Gasteiger partial charge in [-0.2, -0.15) is 0 Å². The predicted molar refractivity (Wildman–Crippen MR) is 134 cm³/mol. The number of methoxy groups -OCH3 is 1. The number of benzene rings is 1. The summed E-state index contributed by atoms with van der Waals surface area (Å²) in [7, 11) is 1.39. The number of halogens is 1. The van der Waals surface area contributed by atoms with Crippen LogP contribution in [0.2, 0.25) is 0 Å². The Kier molecular flexibility index (Phi) is 6.28. The summed E-state index contributed by atoms with van der Waals surface area (Å²) in [6, 6.07) is 3.69. The SMILES string of the molecule is COC(=O)C1CCC(NC(=O)c2ccc(NC(=O)NC34CC5C[C@@](C)(C3)C[C@@](C)(C5)C4)c(F)c2)CC1. The molecule has 4 bridgehead atoms. The maximum Gasteiger partial charge on any atom is 0.319 e. The largest absolute Gasteiger partial charge is 0.469 e. The highest BCUT2D eigenvalue weighted by Crippen LogP contribution is 2.66. The molecule has 196 valence electrons. The van der Waals surface area contributed by atoms with Gasteiger partial charge in [-0.15, -0.1) is 0 Å². The summed E-state index contributed by atoms with van der Waals surface area (Å²) in [4.78, 5) is 37.3. The first-order chi connectivity index (χ1) is 17.0. The van der Waals surface area contributed by atoms with Crippen molar-refractivity contribution >= 4 is 23.6 Å². The number of carbonyl (C=O) groups excluding carboxylic acids is 3. The van der Waals surface area contributed by atoms with Gasteiger partial charge in [0.15, 0.2) is 0 Å². The number of nitrogens with one attached hydrogen (secondary N) is 3. The minimum Gasteiger partial charge on any atom is -0.469 e. The predicted octanol–water partition coefficient (Wildman–Crippen LogP) is 5.16. The smallest absolute Gasteiger partial charge is 0.319 e. The fraction of sp³-hybridized carbons (Fsp3) is 0.679. The van der Waals surface area contributed by atoms with Gasteiger partial charge in [-0.05, 0) is 99.2 Å². The lowest BCUT2D eigenvalue weighted by molar-refractivity contribution is -0.146. The van der Waals surface area contributed by atoms with E-state index in [1.807, 2.05) is 0 Å².